The standard InChI is InChI=1S/C21H21N3O/c1-13-5-3-4-6-16(13)14-7-9-15(10-8-14)17-11-18(17)19-12-20(25)24(2)21(22)23-19/h3-10,12,17-18H,11H2,1-2H3,(H2,22,23)/t17-,18-/m0/s1. The zero-order chi connectivity index (χ0) is 17.6. The van der Waals surface area contributed by atoms with Crippen molar-refractivity contribution in [2.24, 2.45) is 7.05 Å². The maximum Gasteiger partial charge on any atom is 0.254 e. The summed E-state index contributed by atoms with van der Waals surface area (Å²) in [5.74, 6) is 0.994. The van der Waals surface area contributed by atoms with Crippen LogP contribution in [-0.2, 0) is 7.05 Å². The van der Waals surface area contributed by atoms with Gasteiger partial charge >= 0.3 is 0 Å². The minimum Gasteiger partial charge on any atom is -0.369 e. The highest BCUT2D eigenvalue weighted by Gasteiger charge is 2.41. The summed E-state index contributed by atoms with van der Waals surface area (Å²) < 4.78 is 1.37. The molecule has 4 nitrogen and oxygen atoms in total. The van der Waals surface area contributed by atoms with Crippen molar-refractivity contribution < 1.29 is 0 Å². The third-order valence-corrected chi connectivity index (χ3v) is 5.15. The second-order valence-corrected chi connectivity index (χ2v) is 6.82. The average molecular weight is 331 g/mol. The van der Waals surface area contributed by atoms with Crippen LogP contribution < -0.4 is 11.3 Å². The van der Waals surface area contributed by atoms with Gasteiger partial charge in [-0.05, 0) is 41.5 Å². The first kappa shape index (κ1) is 15.6. The monoisotopic (exact) mass is 331 g/mol. The van der Waals surface area contributed by atoms with Crippen LogP contribution in [0, 0.1) is 6.92 Å². The van der Waals surface area contributed by atoms with Crippen molar-refractivity contribution in [3.05, 3.63) is 81.8 Å². The van der Waals surface area contributed by atoms with Crippen LogP contribution in [0.15, 0.2) is 59.4 Å². The predicted octanol–water partition coefficient (Wildman–Crippen LogP) is 3.61. The minimum atomic E-state index is -0.0944. The number of aryl methyl sites for hydroxylation is 1. The maximum atomic E-state index is 11.9. The van der Waals surface area contributed by atoms with Gasteiger partial charge < -0.3 is 5.73 Å². The molecule has 2 N–H and O–H groups in total. The zero-order valence-electron chi connectivity index (χ0n) is 14.4. The van der Waals surface area contributed by atoms with Gasteiger partial charge in [0, 0.05) is 19.0 Å². The molecule has 1 fully saturated rings. The lowest BCUT2D eigenvalue weighted by molar-refractivity contribution is 0.813. The fourth-order valence-electron chi connectivity index (χ4n) is 3.46. The van der Waals surface area contributed by atoms with Gasteiger partial charge in [-0.1, -0.05) is 48.5 Å². The molecule has 0 spiro atoms. The zero-order valence-corrected chi connectivity index (χ0v) is 14.4. The van der Waals surface area contributed by atoms with Crippen LogP contribution in [0.5, 0.6) is 0 Å². The van der Waals surface area contributed by atoms with Crippen LogP contribution in [-0.4, -0.2) is 9.55 Å². The highest BCUT2D eigenvalue weighted by atomic mass is 16.1. The van der Waals surface area contributed by atoms with Crippen molar-refractivity contribution in [3.63, 3.8) is 0 Å². The molecule has 25 heavy (non-hydrogen) atoms. The molecule has 0 radical (unpaired) electrons. The Morgan fingerprint density at radius 3 is 2.48 bits per heavy atom. The van der Waals surface area contributed by atoms with Gasteiger partial charge in [-0.3, -0.25) is 9.36 Å². The van der Waals surface area contributed by atoms with E-state index in [-0.39, 0.29) is 11.5 Å². The molecule has 4 heteroatoms. The number of nitrogens with two attached hydrogens (primary N) is 1. The number of nitrogen functional groups attached to an aromatic ring is 1. The van der Waals surface area contributed by atoms with Gasteiger partial charge in [0.2, 0.25) is 5.95 Å². The van der Waals surface area contributed by atoms with E-state index < -0.39 is 0 Å². The summed E-state index contributed by atoms with van der Waals surface area (Å²) in [6.45, 7) is 2.13. The highest BCUT2D eigenvalue weighted by molar-refractivity contribution is 5.67. The molecule has 0 bridgehead atoms. The molecule has 4 rings (SSSR count). The first-order chi connectivity index (χ1) is 12.0. The van der Waals surface area contributed by atoms with Gasteiger partial charge in [0.05, 0.1) is 5.69 Å². The Kier molecular flexibility index (Phi) is 3.68. The van der Waals surface area contributed by atoms with E-state index in [2.05, 4.69) is 60.4 Å². The second-order valence-electron chi connectivity index (χ2n) is 6.82. The summed E-state index contributed by atoms with van der Waals surface area (Å²) in [4.78, 5) is 16.3. The van der Waals surface area contributed by atoms with Gasteiger partial charge in [0.1, 0.15) is 0 Å². The van der Waals surface area contributed by atoms with E-state index in [9.17, 15) is 4.79 Å². The summed E-state index contributed by atoms with van der Waals surface area (Å²) in [7, 11) is 1.64. The quantitative estimate of drug-likeness (QED) is 0.797. The minimum absolute atomic E-state index is 0.0944. The Labute approximate surface area is 147 Å². The molecule has 3 aromatic rings. The third-order valence-electron chi connectivity index (χ3n) is 5.15. The predicted molar refractivity (Wildman–Crippen MR) is 101 cm³/mol. The Bertz CT molecular complexity index is 989. The number of hydrogen-bond acceptors (Lipinski definition) is 3. The van der Waals surface area contributed by atoms with Gasteiger partial charge in [-0.2, -0.15) is 0 Å². The number of nitrogens with zero attached hydrogens (tertiary/aromatic N) is 2. The molecular formula is C21H21N3O. The molecule has 1 aliphatic carbocycles. The molecule has 1 saturated carbocycles. The van der Waals surface area contributed by atoms with E-state index in [0.29, 0.717) is 11.8 Å². The van der Waals surface area contributed by atoms with Gasteiger partial charge in [0.15, 0.2) is 0 Å². The van der Waals surface area contributed by atoms with E-state index >= 15 is 0 Å². The topological polar surface area (TPSA) is 60.9 Å². The Hall–Kier alpha value is -2.88. The lowest BCUT2D eigenvalue weighted by Gasteiger charge is -2.08. The lowest BCUT2D eigenvalue weighted by atomic mass is 9.98. The highest BCUT2D eigenvalue weighted by Crippen LogP contribution is 2.54. The number of hydrogen-bond donors (Lipinski definition) is 1. The SMILES string of the molecule is Cc1ccccc1-c1ccc([C@@H]2C[C@@H]2c2cc(=O)n(C)c(N)n2)cc1. The van der Waals surface area contributed by atoms with Crippen molar-refractivity contribution in [1.82, 2.24) is 9.55 Å². The van der Waals surface area contributed by atoms with Crippen LogP contribution in [0.4, 0.5) is 5.95 Å². The van der Waals surface area contributed by atoms with Gasteiger partial charge in [0.25, 0.3) is 5.56 Å². The van der Waals surface area contributed by atoms with Crippen LogP contribution in [0.25, 0.3) is 11.1 Å². The normalized spacial score (nSPS) is 19.0. The van der Waals surface area contributed by atoms with Crippen molar-refractivity contribution in [2.75, 3.05) is 5.73 Å². The fourth-order valence-corrected chi connectivity index (χ4v) is 3.46. The Morgan fingerprint density at radius 2 is 1.80 bits per heavy atom. The number of anilines is 1. The van der Waals surface area contributed by atoms with Crippen LogP contribution in [0.1, 0.15) is 35.1 Å². The van der Waals surface area contributed by atoms with E-state index in [1.807, 2.05) is 0 Å². The first-order valence-corrected chi connectivity index (χ1v) is 8.54. The van der Waals surface area contributed by atoms with Gasteiger partial charge in [-0.15, -0.1) is 0 Å². The molecule has 1 heterocycles. The Morgan fingerprint density at radius 1 is 1.08 bits per heavy atom. The first-order valence-electron chi connectivity index (χ1n) is 8.54. The van der Waals surface area contributed by atoms with Crippen LogP contribution in [0.2, 0.25) is 0 Å². The maximum absolute atomic E-state index is 11.9. The van der Waals surface area contributed by atoms with Crippen molar-refractivity contribution in [1.29, 1.82) is 0 Å². The number of benzene rings is 2. The molecule has 1 aromatic heterocycles. The molecule has 1 aliphatic rings. The molecule has 2 atom stereocenters. The Balaban J connectivity index is 1.57. The number of aromatic nitrogens is 2. The second kappa shape index (κ2) is 5.88. The molecular weight excluding hydrogens is 310 g/mol. The smallest absolute Gasteiger partial charge is 0.254 e. The molecule has 0 unspecified atom stereocenters. The molecule has 0 aliphatic heterocycles. The van der Waals surface area contributed by atoms with Gasteiger partial charge in [-0.25, -0.2) is 4.98 Å². The summed E-state index contributed by atoms with van der Waals surface area (Å²) in [5, 5.41) is 0. The molecule has 2 aromatic carbocycles. The van der Waals surface area contributed by atoms with E-state index in [1.54, 1.807) is 13.1 Å². The third kappa shape index (κ3) is 2.84. The molecule has 0 saturated heterocycles. The lowest BCUT2D eigenvalue weighted by Crippen LogP contribution is -2.21. The van der Waals surface area contributed by atoms with E-state index in [0.717, 1.165) is 12.1 Å². The van der Waals surface area contributed by atoms with E-state index in [1.165, 1.54) is 26.8 Å². The van der Waals surface area contributed by atoms with Crippen molar-refractivity contribution in [3.8, 4) is 11.1 Å². The van der Waals surface area contributed by atoms with Crippen LogP contribution in [0.3, 0.4) is 0 Å². The summed E-state index contributed by atoms with van der Waals surface area (Å²) in [6.07, 6.45) is 1.02. The molecule has 126 valence electrons. The summed E-state index contributed by atoms with van der Waals surface area (Å²) >= 11 is 0. The number of rotatable bonds is 3. The summed E-state index contributed by atoms with van der Waals surface area (Å²) in [5.41, 5.74) is 11.6. The largest absolute Gasteiger partial charge is 0.369 e. The fraction of sp³-hybridized carbons (Fsp3) is 0.238. The van der Waals surface area contributed by atoms with Crippen LogP contribution >= 0.6 is 0 Å². The van der Waals surface area contributed by atoms with E-state index in [4.69, 9.17) is 5.73 Å². The van der Waals surface area contributed by atoms with Crippen molar-refractivity contribution in [2.45, 2.75) is 25.2 Å². The summed E-state index contributed by atoms with van der Waals surface area (Å²) in [6, 6.07) is 18.8. The molecule has 0 amide bonds. The average Bonchev–Trinajstić information content (AvgIpc) is 3.41. The van der Waals surface area contributed by atoms with Crippen molar-refractivity contribution >= 4 is 5.95 Å².